The van der Waals surface area contributed by atoms with Crippen molar-refractivity contribution in [2.24, 2.45) is 5.92 Å². The molecule has 0 spiro atoms. The van der Waals surface area contributed by atoms with Gasteiger partial charge in [-0.3, -0.25) is 4.90 Å². The van der Waals surface area contributed by atoms with Crippen molar-refractivity contribution in [3.63, 3.8) is 0 Å². The van der Waals surface area contributed by atoms with E-state index < -0.39 is 12.1 Å². The molecule has 1 atom stereocenters. The number of rotatable bonds is 4. The molecule has 0 amide bonds. The van der Waals surface area contributed by atoms with Crippen LogP contribution in [0.15, 0.2) is 66.9 Å². The fraction of sp³-hybridized carbons (Fsp3) is 0.318. The quantitative estimate of drug-likeness (QED) is 0.607. The summed E-state index contributed by atoms with van der Waals surface area (Å²) in [6.45, 7) is 1.19. The first kappa shape index (κ1) is 18.7. The molecular weight excluding hydrogens is 363 g/mol. The molecule has 1 aromatic heterocycles. The van der Waals surface area contributed by atoms with Crippen molar-refractivity contribution in [3.8, 4) is 16.9 Å². The summed E-state index contributed by atoms with van der Waals surface area (Å²) in [6, 6.07) is 19.5. The number of nitrogens with zero attached hydrogens (tertiary/aromatic N) is 3. The average Bonchev–Trinajstić information content (AvgIpc) is 3.13. The summed E-state index contributed by atoms with van der Waals surface area (Å²) in [7, 11) is 0. The third-order valence-corrected chi connectivity index (χ3v) is 5.22. The molecule has 0 N–H and O–H groups in total. The number of hydrogen-bond donors (Lipinski definition) is 0. The minimum atomic E-state index is -4.13. The largest absolute Gasteiger partial charge is 0.393 e. The molecule has 2 heterocycles. The van der Waals surface area contributed by atoms with Gasteiger partial charge in [-0.25, -0.2) is 4.68 Å². The van der Waals surface area contributed by atoms with Crippen molar-refractivity contribution < 1.29 is 13.2 Å². The van der Waals surface area contributed by atoms with Crippen LogP contribution in [0.5, 0.6) is 0 Å². The minimum Gasteiger partial charge on any atom is -0.298 e. The van der Waals surface area contributed by atoms with Crippen molar-refractivity contribution in [2.75, 3.05) is 13.1 Å². The van der Waals surface area contributed by atoms with Gasteiger partial charge >= 0.3 is 6.18 Å². The third kappa shape index (κ3) is 4.12. The van der Waals surface area contributed by atoms with Crippen molar-refractivity contribution in [1.82, 2.24) is 14.7 Å². The molecule has 0 aliphatic carbocycles. The lowest BCUT2D eigenvalue weighted by Crippen LogP contribution is -2.41. The van der Waals surface area contributed by atoms with Crippen molar-refractivity contribution in [1.29, 1.82) is 0 Å². The van der Waals surface area contributed by atoms with E-state index in [0.717, 1.165) is 22.5 Å². The van der Waals surface area contributed by atoms with Crippen molar-refractivity contribution >= 4 is 0 Å². The Kier molecular flexibility index (Phi) is 5.22. The highest BCUT2D eigenvalue weighted by Gasteiger charge is 2.41. The first-order chi connectivity index (χ1) is 13.5. The van der Waals surface area contributed by atoms with Crippen LogP contribution in [0.1, 0.15) is 18.4 Å². The monoisotopic (exact) mass is 385 g/mol. The topological polar surface area (TPSA) is 21.1 Å². The molecule has 6 heteroatoms. The first-order valence-corrected chi connectivity index (χ1v) is 9.49. The SMILES string of the molecule is FC(F)(F)[C@@H]1CCCN(Cc2cn(-c3ccccc3)nc2-c2ccccc2)C1. The molecule has 146 valence electrons. The van der Waals surface area contributed by atoms with Crippen LogP contribution in [-0.4, -0.2) is 33.9 Å². The van der Waals surface area contributed by atoms with Gasteiger partial charge in [-0.05, 0) is 31.5 Å². The van der Waals surface area contributed by atoms with E-state index in [2.05, 4.69) is 0 Å². The highest BCUT2D eigenvalue weighted by molar-refractivity contribution is 5.63. The lowest BCUT2D eigenvalue weighted by Gasteiger charge is -2.33. The summed E-state index contributed by atoms with van der Waals surface area (Å²) in [5, 5.41) is 4.75. The first-order valence-electron chi connectivity index (χ1n) is 9.49. The number of benzene rings is 2. The Morgan fingerprint density at radius 2 is 1.64 bits per heavy atom. The van der Waals surface area contributed by atoms with Crippen LogP contribution < -0.4 is 0 Å². The minimum absolute atomic E-state index is 0.0498. The number of halogens is 3. The second-order valence-electron chi connectivity index (χ2n) is 7.26. The number of hydrogen-bond acceptors (Lipinski definition) is 2. The molecular formula is C22H22F3N3. The van der Waals surface area contributed by atoms with Crippen LogP contribution in [0.2, 0.25) is 0 Å². The van der Waals surface area contributed by atoms with E-state index >= 15 is 0 Å². The zero-order valence-electron chi connectivity index (χ0n) is 15.4. The summed E-state index contributed by atoms with van der Waals surface area (Å²) in [6.07, 6.45) is -1.41. The van der Waals surface area contributed by atoms with E-state index in [4.69, 9.17) is 5.10 Å². The van der Waals surface area contributed by atoms with Gasteiger partial charge in [0, 0.05) is 30.4 Å². The molecule has 4 rings (SSSR count). The molecule has 1 saturated heterocycles. The highest BCUT2D eigenvalue weighted by atomic mass is 19.4. The van der Waals surface area contributed by atoms with Crippen LogP contribution in [0.4, 0.5) is 13.2 Å². The molecule has 0 radical (unpaired) electrons. The van der Waals surface area contributed by atoms with Crippen LogP contribution in [-0.2, 0) is 6.54 Å². The van der Waals surface area contributed by atoms with Gasteiger partial charge in [0.2, 0.25) is 0 Å². The van der Waals surface area contributed by atoms with Gasteiger partial charge in [0.05, 0.1) is 17.3 Å². The predicted molar refractivity (Wildman–Crippen MR) is 103 cm³/mol. The smallest absolute Gasteiger partial charge is 0.298 e. The van der Waals surface area contributed by atoms with Crippen LogP contribution >= 0.6 is 0 Å². The van der Waals surface area contributed by atoms with Crippen LogP contribution in [0, 0.1) is 5.92 Å². The van der Waals surface area contributed by atoms with Gasteiger partial charge in [0.25, 0.3) is 0 Å². The Hall–Kier alpha value is -2.60. The molecule has 1 fully saturated rings. The lowest BCUT2D eigenvalue weighted by molar-refractivity contribution is -0.187. The zero-order chi connectivity index (χ0) is 19.6. The van der Waals surface area contributed by atoms with E-state index in [0.29, 0.717) is 19.5 Å². The summed E-state index contributed by atoms with van der Waals surface area (Å²) >= 11 is 0. The maximum Gasteiger partial charge on any atom is 0.393 e. The molecule has 0 bridgehead atoms. The summed E-state index contributed by atoms with van der Waals surface area (Å²) in [5.41, 5.74) is 3.66. The zero-order valence-corrected chi connectivity index (χ0v) is 15.4. The van der Waals surface area contributed by atoms with Gasteiger partial charge in [-0.2, -0.15) is 18.3 Å². The Labute approximate surface area is 162 Å². The number of para-hydroxylation sites is 1. The summed E-state index contributed by atoms with van der Waals surface area (Å²) in [4.78, 5) is 1.90. The molecule has 0 saturated carbocycles. The summed E-state index contributed by atoms with van der Waals surface area (Å²) in [5.74, 6) is -1.24. The molecule has 0 unspecified atom stereocenters. The fourth-order valence-corrected chi connectivity index (χ4v) is 3.78. The van der Waals surface area contributed by atoms with Gasteiger partial charge in [-0.15, -0.1) is 0 Å². The summed E-state index contributed by atoms with van der Waals surface area (Å²) < 4.78 is 41.3. The predicted octanol–water partition coefficient (Wildman–Crippen LogP) is 5.31. The fourth-order valence-electron chi connectivity index (χ4n) is 3.78. The Morgan fingerprint density at radius 1 is 0.964 bits per heavy atom. The van der Waals surface area contributed by atoms with Gasteiger partial charge in [0.15, 0.2) is 0 Å². The third-order valence-electron chi connectivity index (χ3n) is 5.22. The average molecular weight is 385 g/mol. The molecule has 3 nitrogen and oxygen atoms in total. The van der Waals surface area contributed by atoms with Crippen molar-refractivity contribution in [3.05, 3.63) is 72.4 Å². The Morgan fingerprint density at radius 3 is 2.32 bits per heavy atom. The van der Waals surface area contributed by atoms with Gasteiger partial charge < -0.3 is 0 Å². The molecule has 1 aliphatic heterocycles. The Balaban J connectivity index is 1.65. The van der Waals surface area contributed by atoms with Crippen molar-refractivity contribution in [2.45, 2.75) is 25.6 Å². The maximum absolute atomic E-state index is 13.2. The number of likely N-dealkylation sites (tertiary alicyclic amines) is 1. The lowest BCUT2D eigenvalue weighted by atomic mass is 9.97. The number of alkyl halides is 3. The number of piperidine rings is 1. The van der Waals surface area contributed by atoms with E-state index in [1.54, 1.807) is 0 Å². The highest BCUT2D eigenvalue weighted by Crippen LogP contribution is 2.34. The van der Waals surface area contributed by atoms with E-state index in [1.807, 2.05) is 76.4 Å². The van der Waals surface area contributed by atoms with Crippen LogP contribution in [0.25, 0.3) is 16.9 Å². The number of aromatic nitrogens is 2. The van der Waals surface area contributed by atoms with E-state index in [1.165, 1.54) is 0 Å². The molecule has 28 heavy (non-hydrogen) atoms. The second kappa shape index (κ2) is 7.80. The molecule has 2 aromatic carbocycles. The van der Waals surface area contributed by atoms with Crippen LogP contribution in [0.3, 0.4) is 0 Å². The van der Waals surface area contributed by atoms with Gasteiger partial charge in [0.1, 0.15) is 0 Å². The maximum atomic E-state index is 13.2. The normalized spacial score (nSPS) is 18.3. The van der Waals surface area contributed by atoms with Gasteiger partial charge in [-0.1, -0.05) is 48.5 Å². The molecule has 3 aromatic rings. The second-order valence-corrected chi connectivity index (χ2v) is 7.26. The Bertz CT molecular complexity index is 904. The van der Waals surface area contributed by atoms with E-state index in [-0.39, 0.29) is 13.0 Å². The molecule has 1 aliphatic rings. The van der Waals surface area contributed by atoms with E-state index in [9.17, 15) is 13.2 Å². The standard InChI is InChI=1S/C22H22F3N3/c23-22(24,25)19-10-7-13-27(16-19)14-18-15-28(20-11-5-2-6-12-20)26-21(18)17-8-3-1-4-9-17/h1-6,8-9,11-12,15,19H,7,10,13-14,16H2/t19-/m1/s1.